The number of benzene rings is 1. The van der Waals surface area contributed by atoms with Gasteiger partial charge in [0.1, 0.15) is 19.0 Å². The van der Waals surface area contributed by atoms with Crippen LogP contribution < -0.4 is 14.6 Å². The predicted octanol–water partition coefficient (Wildman–Crippen LogP) is 1.91. The number of nitrogens with zero attached hydrogens (tertiary/aromatic N) is 1. The largest absolute Gasteiger partial charge is 0.490 e. The Labute approximate surface area is 158 Å². The Hall–Kier alpha value is -2.86. The second-order valence-electron chi connectivity index (χ2n) is 5.29. The minimum absolute atomic E-state index is 0.0132. The molecule has 0 unspecified atom stereocenters. The smallest absolute Gasteiger partial charge is 0.422 e. The lowest BCUT2D eigenvalue weighted by Crippen LogP contribution is -2.19. The van der Waals surface area contributed by atoms with Gasteiger partial charge in [0.05, 0.1) is 10.5 Å². The molecule has 1 aromatic carbocycles. The average Bonchev–Trinajstić information content (AvgIpc) is 2.63. The van der Waals surface area contributed by atoms with Crippen molar-refractivity contribution >= 4 is 16.0 Å². The van der Waals surface area contributed by atoms with Crippen LogP contribution in [-0.2, 0) is 14.8 Å². The molecule has 0 aliphatic rings. The molecule has 1 aromatic heterocycles. The number of pyridine rings is 1. The molecule has 0 amide bonds. The highest BCUT2D eigenvalue weighted by atomic mass is 32.2. The van der Waals surface area contributed by atoms with Gasteiger partial charge in [0.2, 0.25) is 15.9 Å². The van der Waals surface area contributed by atoms with Gasteiger partial charge in [-0.15, -0.1) is 0 Å². The summed E-state index contributed by atoms with van der Waals surface area (Å²) in [7, 11) is -3.80. The summed E-state index contributed by atoms with van der Waals surface area (Å²) in [6, 6.07) is 7.66. The van der Waals surface area contributed by atoms with Gasteiger partial charge < -0.3 is 14.2 Å². The molecular formula is C16H15F3N2O6S. The molecule has 0 spiro atoms. The lowest BCUT2D eigenvalue weighted by Gasteiger charge is -2.09. The number of rotatable bonds is 8. The number of alkyl halides is 3. The molecule has 1 heterocycles. The number of nitrogens with two attached hydrogens (primary N) is 1. The highest BCUT2D eigenvalue weighted by Gasteiger charge is 2.28. The maximum atomic E-state index is 12.0. The highest BCUT2D eigenvalue weighted by molar-refractivity contribution is 7.89. The van der Waals surface area contributed by atoms with Gasteiger partial charge in [0.15, 0.2) is 6.61 Å². The Balaban J connectivity index is 1.76. The van der Waals surface area contributed by atoms with Gasteiger partial charge in [-0.1, -0.05) is 0 Å². The van der Waals surface area contributed by atoms with Crippen LogP contribution in [0.15, 0.2) is 47.5 Å². The van der Waals surface area contributed by atoms with Crippen molar-refractivity contribution in [3.63, 3.8) is 0 Å². The number of aromatic nitrogens is 1. The zero-order valence-electron chi connectivity index (χ0n) is 14.2. The summed E-state index contributed by atoms with van der Waals surface area (Å²) in [5, 5.41) is 4.97. The SMILES string of the molecule is NS(=O)(=O)c1ccc(OCCOC(=O)c2ccc(OCC(F)(F)F)nc2)cc1. The molecule has 0 aliphatic carbocycles. The van der Waals surface area contributed by atoms with Crippen molar-refractivity contribution in [1.82, 2.24) is 4.98 Å². The first-order valence-electron chi connectivity index (χ1n) is 7.63. The molecule has 0 aliphatic heterocycles. The first-order valence-corrected chi connectivity index (χ1v) is 9.18. The third kappa shape index (κ3) is 7.04. The lowest BCUT2D eigenvalue weighted by atomic mass is 10.3. The number of primary sulfonamides is 1. The maximum absolute atomic E-state index is 12.0. The molecule has 0 bridgehead atoms. The summed E-state index contributed by atoms with van der Waals surface area (Å²) in [6.45, 7) is -1.62. The minimum Gasteiger partial charge on any atom is -0.490 e. The van der Waals surface area contributed by atoms with Gasteiger partial charge in [-0.3, -0.25) is 0 Å². The van der Waals surface area contributed by atoms with E-state index in [1.165, 1.54) is 30.3 Å². The van der Waals surface area contributed by atoms with E-state index < -0.39 is 28.8 Å². The van der Waals surface area contributed by atoms with Crippen LogP contribution in [0.1, 0.15) is 10.4 Å². The zero-order valence-corrected chi connectivity index (χ0v) is 15.0. The van der Waals surface area contributed by atoms with Crippen LogP contribution >= 0.6 is 0 Å². The third-order valence-corrected chi connectivity index (χ3v) is 4.02. The van der Waals surface area contributed by atoms with E-state index in [-0.39, 0.29) is 29.6 Å². The van der Waals surface area contributed by atoms with Crippen molar-refractivity contribution in [2.45, 2.75) is 11.1 Å². The van der Waals surface area contributed by atoms with E-state index in [9.17, 15) is 26.4 Å². The molecule has 28 heavy (non-hydrogen) atoms. The normalized spacial score (nSPS) is 11.7. The Bertz CT molecular complexity index is 899. The summed E-state index contributed by atoms with van der Waals surface area (Å²) in [6.07, 6.45) is -3.46. The monoisotopic (exact) mass is 420 g/mol. The Morgan fingerprint density at radius 3 is 2.25 bits per heavy atom. The standard InChI is InChI=1S/C16H15F3N2O6S/c17-16(18,19)10-27-14-6-1-11(9-21-14)15(22)26-8-7-25-12-2-4-13(5-3-12)28(20,23)24/h1-6,9H,7-8,10H2,(H2,20,23,24). The first kappa shape index (κ1) is 21.4. The maximum Gasteiger partial charge on any atom is 0.422 e. The van der Waals surface area contributed by atoms with E-state index in [1.54, 1.807) is 0 Å². The number of hydrogen-bond donors (Lipinski definition) is 1. The van der Waals surface area contributed by atoms with Crippen LogP contribution in [0.25, 0.3) is 0 Å². The summed E-state index contributed by atoms with van der Waals surface area (Å²) >= 11 is 0. The van der Waals surface area contributed by atoms with Crippen LogP contribution in [0.3, 0.4) is 0 Å². The van der Waals surface area contributed by atoms with E-state index in [0.717, 1.165) is 12.3 Å². The fraction of sp³-hybridized carbons (Fsp3) is 0.250. The van der Waals surface area contributed by atoms with Crippen molar-refractivity contribution in [3.05, 3.63) is 48.2 Å². The van der Waals surface area contributed by atoms with Crippen molar-refractivity contribution in [2.24, 2.45) is 5.14 Å². The van der Waals surface area contributed by atoms with Crippen molar-refractivity contribution in [2.75, 3.05) is 19.8 Å². The van der Waals surface area contributed by atoms with Gasteiger partial charge in [-0.2, -0.15) is 13.2 Å². The Morgan fingerprint density at radius 2 is 1.71 bits per heavy atom. The molecule has 152 valence electrons. The van der Waals surface area contributed by atoms with E-state index in [4.69, 9.17) is 14.6 Å². The van der Waals surface area contributed by atoms with E-state index in [0.29, 0.717) is 5.75 Å². The number of hydrogen-bond acceptors (Lipinski definition) is 7. The molecule has 0 fully saturated rings. The topological polar surface area (TPSA) is 118 Å². The van der Waals surface area contributed by atoms with Crippen LogP contribution in [0.4, 0.5) is 13.2 Å². The molecule has 2 aromatic rings. The molecule has 2 N–H and O–H groups in total. The molecule has 8 nitrogen and oxygen atoms in total. The van der Waals surface area contributed by atoms with E-state index in [2.05, 4.69) is 9.72 Å². The highest BCUT2D eigenvalue weighted by Crippen LogP contribution is 2.17. The quantitative estimate of drug-likeness (QED) is 0.512. The predicted molar refractivity (Wildman–Crippen MR) is 89.4 cm³/mol. The molecular weight excluding hydrogens is 405 g/mol. The van der Waals surface area contributed by atoms with Gasteiger partial charge in [-0.05, 0) is 30.3 Å². The summed E-state index contributed by atoms with van der Waals surface area (Å²) in [5.41, 5.74) is 0.0249. The second kappa shape index (κ2) is 8.89. The summed E-state index contributed by atoms with van der Waals surface area (Å²) < 4.78 is 73.1. The van der Waals surface area contributed by atoms with Gasteiger partial charge in [0.25, 0.3) is 0 Å². The van der Waals surface area contributed by atoms with Gasteiger partial charge in [-0.25, -0.2) is 23.3 Å². The van der Waals surface area contributed by atoms with Crippen LogP contribution in [0, 0.1) is 0 Å². The van der Waals surface area contributed by atoms with Crippen LogP contribution in [-0.4, -0.2) is 45.4 Å². The van der Waals surface area contributed by atoms with E-state index in [1.807, 2.05) is 0 Å². The number of ether oxygens (including phenoxy) is 3. The zero-order chi connectivity index (χ0) is 20.8. The number of carbonyl (C=O) groups excluding carboxylic acids is 1. The fourth-order valence-electron chi connectivity index (χ4n) is 1.84. The van der Waals surface area contributed by atoms with E-state index >= 15 is 0 Å². The van der Waals surface area contributed by atoms with Crippen molar-refractivity contribution in [3.8, 4) is 11.6 Å². The third-order valence-electron chi connectivity index (χ3n) is 3.09. The average molecular weight is 420 g/mol. The molecule has 12 heteroatoms. The summed E-state index contributed by atoms with van der Waals surface area (Å²) in [4.78, 5) is 15.3. The molecule has 2 rings (SSSR count). The van der Waals surface area contributed by atoms with Crippen molar-refractivity contribution < 1.29 is 40.6 Å². The molecule has 0 radical (unpaired) electrons. The first-order chi connectivity index (χ1) is 13.0. The number of carbonyl (C=O) groups is 1. The fourth-order valence-corrected chi connectivity index (χ4v) is 2.36. The van der Waals surface area contributed by atoms with Crippen LogP contribution in [0.2, 0.25) is 0 Å². The second-order valence-corrected chi connectivity index (χ2v) is 6.85. The Kier molecular flexibility index (Phi) is 6.80. The molecule has 0 atom stereocenters. The summed E-state index contributed by atoms with van der Waals surface area (Å²) in [5.74, 6) is -0.681. The minimum atomic E-state index is -4.49. The molecule has 0 saturated carbocycles. The van der Waals surface area contributed by atoms with Crippen LogP contribution in [0.5, 0.6) is 11.6 Å². The van der Waals surface area contributed by atoms with Gasteiger partial charge in [0, 0.05) is 12.3 Å². The lowest BCUT2D eigenvalue weighted by molar-refractivity contribution is -0.154. The number of halogens is 3. The number of esters is 1. The molecule has 0 saturated heterocycles. The van der Waals surface area contributed by atoms with Crippen molar-refractivity contribution in [1.29, 1.82) is 0 Å². The Morgan fingerprint density at radius 1 is 1.04 bits per heavy atom. The number of sulfonamides is 1. The van der Waals surface area contributed by atoms with Gasteiger partial charge >= 0.3 is 12.1 Å².